The molecule has 226 valence electrons. The van der Waals surface area contributed by atoms with Crippen LogP contribution in [0, 0.1) is 12.7 Å². The molecule has 3 aromatic rings. The number of halogens is 2. The number of hydrogen-bond donors (Lipinski definition) is 1. The fourth-order valence-electron chi connectivity index (χ4n) is 4.34. The molecule has 11 heteroatoms. The predicted octanol–water partition coefficient (Wildman–Crippen LogP) is 5.71. The third kappa shape index (κ3) is 8.23. The highest BCUT2D eigenvalue weighted by Gasteiger charge is 2.34. The van der Waals surface area contributed by atoms with Crippen molar-refractivity contribution < 1.29 is 27.1 Å². The van der Waals surface area contributed by atoms with Crippen LogP contribution in [-0.4, -0.2) is 50.4 Å². The Morgan fingerprint density at radius 2 is 1.64 bits per heavy atom. The van der Waals surface area contributed by atoms with E-state index >= 15 is 0 Å². The maximum atomic E-state index is 14.1. The van der Waals surface area contributed by atoms with E-state index in [1.54, 1.807) is 19.1 Å². The van der Waals surface area contributed by atoms with Gasteiger partial charge in [-0.1, -0.05) is 48.4 Å². The lowest BCUT2D eigenvalue weighted by molar-refractivity contribution is -0.141. The van der Waals surface area contributed by atoms with E-state index < -0.39 is 39.9 Å². The number of sulfonamides is 1. The summed E-state index contributed by atoms with van der Waals surface area (Å²) in [4.78, 5) is 28.8. The fourth-order valence-corrected chi connectivity index (χ4v) is 5.99. The predicted molar refractivity (Wildman–Crippen MR) is 163 cm³/mol. The molecule has 0 spiro atoms. The second-order valence-corrected chi connectivity index (χ2v) is 13.2. The van der Waals surface area contributed by atoms with E-state index in [9.17, 15) is 22.4 Å². The number of nitrogens with zero attached hydrogens (tertiary/aromatic N) is 2. The van der Waals surface area contributed by atoms with E-state index in [1.165, 1.54) is 66.6 Å². The first-order chi connectivity index (χ1) is 19.7. The van der Waals surface area contributed by atoms with Gasteiger partial charge in [0.1, 0.15) is 24.2 Å². The molecule has 1 N–H and O–H groups in total. The molecule has 42 heavy (non-hydrogen) atoms. The lowest BCUT2D eigenvalue weighted by Gasteiger charge is -2.34. The van der Waals surface area contributed by atoms with Crippen molar-refractivity contribution in [2.45, 2.75) is 64.1 Å². The zero-order valence-corrected chi connectivity index (χ0v) is 26.2. The van der Waals surface area contributed by atoms with Crippen LogP contribution in [0.4, 0.5) is 10.1 Å². The Balaban J connectivity index is 2.10. The molecule has 0 fully saturated rings. The number of rotatable bonds is 11. The lowest BCUT2D eigenvalue weighted by Crippen LogP contribution is -2.55. The highest BCUT2D eigenvalue weighted by Crippen LogP contribution is 2.32. The van der Waals surface area contributed by atoms with Crippen molar-refractivity contribution >= 4 is 39.1 Å². The lowest BCUT2D eigenvalue weighted by atomic mass is 10.1. The number of benzene rings is 3. The van der Waals surface area contributed by atoms with Crippen LogP contribution in [0.1, 0.15) is 45.2 Å². The molecular formula is C31H37ClFN3O5S. The summed E-state index contributed by atoms with van der Waals surface area (Å²) >= 11 is 6.36. The van der Waals surface area contributed by atoms with Crippen molar-refractivity contribution in [3.63, 3.8) is 0 Å². The van der Waals surface area contributed by atoms with Crippen molar-refractivity contribution in [3.8, 4) is 5.75 Å². The summed E-state index contributed by atoms with van der Waals surface area (Å²) in [6.07, 6.45) is 0.258. The number of carbonyl (C=O) groups excluding carboxylic acids is 2. The summed E-state index contributed by atoms with van der Waals surface area (Å²) in [7, 11) is -2.82. The van der Waals surface area contributed by atoms with Crippen molar-refractivity contribution in [1.29, 1.82) is 0 Å². The van der Waals surface area contributed by atoms with Crippen LogP contribution in [0.5, 0.6) is 5.75 Å². The van der Waals surface area contributed by atoms with Crippen LogP contribution >= 0.6 is 11.6 Å². The Kier molecular flexibility index (Phi) is 10.6. The van der Waals surface area contributed by atoms with Crippen molar-refractivity contribution in [1.82, 2.24) is 10.2 Å². The molecule has 0 aliphatic carbocycles. The molecule has 8 nitrogen and oxygen atoms in total. The van der Waals surface area contributed by atoms with E-state index in [2.05, 4.69) is 5.32 Å². The van der Waals surface area contributed by atoms with Gasteiger partial charge in [-0.3, -0.25) is 13.9 Å². The first-order valence-electron chi connectivity index (χ1n) is 13.4. The van der Waals surface area contributed by atoms with Gasteiger partial charge in [-0.25, -0.2) is 12.8 Å². The zero-order valence-electron chi connectivity index (χ0n) is 24.6. The van der Waals surface area contributed by atoms with Crippen LogP contribution in [0.25, 0.3) is 0 Å². The Hall–Kier alpha value is -3.63. The third-order valence-corrected chi connectivity index (χ3v) is 8.54. The van der Waals surface area contributed by atoms with Crippen LogP contribution in [0.3, 0.4) is 0 Å². The summed E-state index contributed by atoms with van der Waals surface area (Å²) in [5, 5.41) is 3.07. The fraction of sp³-hybridized carbons (Fsp3) is 0.355. The highest BCUT2D eigenvalue weighted by atomic mass is 35.5. The van der Waals surface area contributed by atoms with E-state index in [-0.39, 0.29) is 34.5 Å². The molecule has 0 heterocycles. The van der Waals surface area contributed by atoms with Crippen LogP contribution in [0.15, 0.2) is 71.6 Å². The first-order valence-corrected chi connectivity index (χ1v) is 15.3. The zero-order chi connectivity index (χ0) is 31.2. The van der Waals surface area contributed by atoms with Gasteiger partial charge >= 0.3 is 0 Å². The number of anilines is 1. The SMILES string of the molecule is CC[C@@H](C(=O)NC(C)(C)C)N(Cc1ccc(F)cc1)C(=O)CN(c1ccc(OC)c(Cl)c1)S(=O)(=O)c1ccc(C)cc1. The van der Waals surface area contributed by atoms with Gasteiger partial charge in [-0.15, -0.1) is 0 Å². The molecule has 0 aliphatic rings. The number of amides is 2. The molecule has 2 amide bonds. The number of methoxy groups -OCH3 is 1. The van der Waals surface area contributed by atoms with E-state index in [1.807, 2.05) is 27.7 Å². The van der Waals surface area contributed by atoms with Gasteiger partial charge in [0, 0.05) is 12.1 Å². The Morgan fingerprint density at radius 3 is 2.17 bits per heavy atom. The first kappa shape index (κ1) is 32.9. The Morgan fingerprint density at radius 1 is 1.02 bits per heavy atom. The van der Waals surface area contributed by atoms with Crippen LogP contribution in [0.2, 0.25) is 5.02 Å². The molecule has 0 saturated carbocycles. The largest absolute Gasteiger partial charge is 0.495 e. The molecule has 0 unspecified atom stereocenters. The number of aryl methyl sites for hydroxylation is 1. The van der Waals surface area contributed by atoms with Gasteiger partial charge in [-0.2, -0.15) is 0 Å². The maximum Gasteiger partial charge on any atom is 0.264 e. The van der Waals surface area contributed by atoms with Gasteiger partial charge in [0.05, 0.1) is 22.7 Å². The number of nitrogens with one attached hydrogen (secondary N) is 1. The normalized spacial score (nSPS) is 12.4. The van der Waals surface area contributed by atoms with Gasteiger partial charge in [0.2, 0.25) is 11.8 Å². The van der Waals surface area contributed by atoms with Gasteiger partial charge in [0.15, 0.2) is 0 Å². The molecule has 0 aromatic heterocycles. The van der Waals surface area contributed by atoms with Crippen LogP contribution in [-0.2, 0) is 26.2 Å². The molecule has 0 bridgehead atoms. The average Bonchev–Trinajstić information content (AvgIpc) is 2.91. The Bertz CT molecular complexity index is 1510. The maximum absolute atomic E-state index is 14.1. The van der Waals surface area contributed by atoms with E-state index in [0.29, 0.717) is 11.3 Å². The second-order valence-electron chi connectivity index (χ2n) is 11.0. The standard InChI is InChI=1S/C31H37ClFN3O5S/c1-7-27(30(38)34-31(3,4)5)35(19-22-10-12-23(33)13-11-22)29(37)20-36(24-14-17-28(41-6)26(32)18-24)42(39,40)25-15-8-21(2)9-16-25/h8-18,27H,7,19-20H2,1-6H3,(H,34,38)/t27-/m0/s1. The minimum atomic E-state index is -4.26. The summed E-state index contributed by atoms with van der Waals surface area (Å²) in [5.41, 5.74) is 1.01. The molecular weight excluding hydrogens is 581 g/mol. The van der Waals surface area contributed by atoms with Crippen LogP contribution < -0.4 is 14.4 Å². The van der Waals surface area contributed by atoms with E-state index in [0.717, 1.165) is 9.87 Å². The molecule has 0 radical (unpaired) electrons. The number of hydrogen-bond acceptors (Lipinski definition) is 5. The minimum Gasteiger partial charge on any atom is -0.495 e. The number of carbonyl (C=O) groups is 2. The quantitative estimate of drug-likeness (QED) is 0.297. The average molecular weight is 618 g/mol. The summed E-state index contributed by atoms with van der Waals surface area (Å²) in [5.74, 6) is -1.12. The van der Waals surface area contributed by atoms with E-state index in [4.69, 9.17) is 16.3 Å². The second kappa shape index (κ2) is 13.6. The molecule has 0 aliphatic heterocycles. The molecule has 0 saturated heterocycles. The monoisotopic (exact) mass is 617 g/mol. The summed E-state index contributed by atoms with van der Waals surface area (Å²) in [6.45, 7) is 8.41. The minimum absolute atomic E-state index is 0.0181. The van der Waals surface area contributed by atoms with Crippen molar-refractivity contribution in [2.24, 2.45) is 0 Å². The summed E-state index contributed by atoms with van der Waals surface area (Å²) < 4.78 is 47.8. The van der Waals surface area contributed by atoms with Gasteiger partial charge in [0.25, 0.3) is 10.0 Å². The molecule has 3 aromatic carbocycles. The van der Waals surface area contributed by atoms with Crippen molar-refractivity contribution in [2.75, 3.05) is 18.0 Å². The topological polar surface area (TPSA) is 96.0 Å². The van der Waals surface area contributed by atoms with Crippen molar-refractivity contribution in [3.05, 3.63) is 88.7 Å². The molecule has 3 rings (SSSR count). The van der Waals surface area contributed by atoms with Gasteiger partial charge < -0.3 is 15.0 Å². The highest BCUT2D eigenvalue weighted by molar-refractivity contribution is 7.92. The number of ether oxygens (including phenoxy) is 1. The summed E-state index contributed by atoms with van der Waals surface area (Å²) in [6, 6.07) is 15.3. The Labute approximate surface area is 252 Å². The third-order valence-electron chi connectivity index (χ3n) is 6.46. The molecule has 1 atom stereocenters. The van der Waals surface area contributed by atoms with Gasteiger partial charge in [-0.05, 0) is 82.1 Å². The smallest absolute Gasteiger partial charge is 0.264 e.